The summed E-state index contributed by atoms with van der Waals surface area (Å²) in [6, 6.07) is 7.31. The summed E-state index contributed by atoms with van der Waals surface area (Å²) in [6.07, 6.45) is 4.06. The topological polar surface area (TPSA) is 107 Å². The van der Waals surface area contributed by atoms with Gasteiger partial charge in [-0.1, -0.05) is 49.6 Å². The van der Waals surface area contributed by atoms with Crippen molar-refractivity contribution in [2.75, 3.05) is 13.6 Å². The van der Waals surface area contributed by atoms with Gasteiger partial charge in [0.05, 0.1) is 0 Å². The number of amides is 4. The first-order chi connectivity index (χ1) is 13.3. The molecule has 2 N–H and O–H groups in total. The van der Waals surface area contributed by atoms with Crippen LogP contribution in [0, 0.1) is 0 Å². The van der Waals surface area contributed by atoms with Crippen LogP contribution in [0.15, 0.2) is 30.3 Å². The van der Waals surface area contributed by atoms with Gasteiger partial charge < -0.3 is 15.3 Å². The van der Waals surface area contributed by atoms with Crippen LogP contribution in [-0.4, -0.2) is 63.9 Å². The number of benzene rings is 1. The van der Waals surface area contributed by atoms with Crippen molar-refractivity contribution in [1.82, 2.24) is 15.1 Å². The molecule has 8 nitrogen and oxygen atoms in total. The Hall–Kier alpha value is -2.90. The monoisotopic (exact) mass is 387 g/mol. The van der Waals surface area contributed by atoms with E-state index in [-0.39, 0.29) is 12.3 Å². The van der Waals surface area contributed by atoms with Crippen molar-refractivity contribution in [3.8, 4) is 0 Å². The molecule has 1 saturated carbocycles. The Morgan fingerprint density at radius 2 is 1.79 bits per heavy atom. The molecule has 8 heteroatoms. The minimum Gasteiger partial charge on any atom is -0.480 e. The lowest BCUT2D eigenvalue weighted by atomic mass is 9.81. The van der Waals surface area contributed by atoms with Gasteiger partial charge in [-0.3, -0.25) is 14.5 Å². The molecule has 0 unspecified atom stereocenters. The zero-order valence-electron chi connectivity index (χ0n) is 15.9. The molecule has 2 aliphatic rings. The van der Waals surface area contributed by atoms with E-state index < -0.39 is 36.0 Å². The zero-order chi connectivity index (χ0) is 20.3. The Balaban J connectivity index is 1.67. The lowest BCUT2D eigenvalue weighted by Crippen LogP contribution is -2.50. The minimum absolute atomic E-state index is 0.119. The SMILES string of the molecule is CN1C(=O)N(CC(=O)N[C@H](Cc2ccccc2)C(=O)O)C(=O)C12CCCCC2. The highest BCUT2D eigenvalue weighted by atomic mass is 16.4. The van der Waals surface area contributed by atoms with Crippen LogP contribution in [-0.2, 0) is 20.8 Å². The Morgan fingerprint density at radius 1 is 1.14 bits per heavy atom. The molecule has 1 saturated heterocycles. The van der Waals surface area contributed by atoms with Crippen molar-refractivity contribution >= 4 is 23.8 Å². The number of carbonyl (C=O) groups is 4. The van der Waals surface area contributed by atoms with Crippen LogP contribution in [0.3, 0.4) is 0 Å². The van der Waals surface area contributed by atoms with Crippen LogP contribution >= 0.6 is 0 Å². The van der Waals surface area contributed by atoms with Gasteiger partial charge in [0, 0.05) is 13.5 Å². The van der Waals surface area contributed by atoms with Gasteiger partial charge in [-0.2, -0.15) is 0 Å². The molecule has 2 fully saturated rings. The Morgan fingerprint density at radius 3 is 2.39 bits per heavy atom. The average molecular weight is 387 g/mol. The quantitative estimate of drug-likeness (QED) is 0.718. The minimum atomic E-state index is -1.17. The van der Waals surface area contributed by atoms with E-state index in [1.807, 2.05) is 6.07 Å². The normalized spacial score (nSPS) is 19.8. The first kappa shape index (κ1) is 19.9. The fourth-order valence-corrected chi connectivity index (χ4v) is 4.10. The molecule has 3 rings (SSSR count). The predicted octanol–water partition coefficient (Wildman–Crippen LogP) is 1.40. The molecule has 0 bridgehead atoms. The smallest absolute Gasteiger partial charge is 0.327 e. The number of nitrogens with one attached hydrogen (secondary N) is 1. The number of likely N-dealkylation sites (N-methyl/N-ethyl adjacent to an activating group) is 1. The van der Waals surface area contributed by atoms with Gasteiger partial charge in [0.2, 0.25) is 5.91 Å². The van der Waals surface area contributed by atoms with E-state index in [1.54, 1.807) is 31.3 Å². The average Bonchev–Trinajstić information content (AvgIpc) is 2.85. The summed E-state index contributed by atoms with van der Waals surface area (Å²) >= 11 is 0. The van der Waals surface area contributed by atoms with E-state index in [9.17, 15) is 24.3 Å². The molecule has 28 heavy (non-hydrogen) atoms. The number of hydrogen-bond donors (Lipinski definition) is 2. The maximum Gasteiger partial charge on any atom is 0.327 e. The van der Waals surface area contributed by atoms with Crippen LogP contribution in [0.2, 0.25) is 0 Å². The molecule has 4 amide bonds. The molecule has 150 valence electrons. The van der Waals surface area contributed by atoms with Crippen molar-refractivity contribution < 1.29 is 24.3 Å². The maximum absolute atomic E-state index is 12.9. The third kappa shape index (κ3) is 3.72. The number of aliphatic carboxylic acids is 1. The van der Waals surface area contributed by atoms with Crippen LogP contribution in [0.1, 0.15) is 37.7 Å². The number of hydrogen-bond acceptors (Lipinski definition) is 4. The molecule has 1 aromatic rings. The summed E-state index contributed by atoms with van der Waals surface area (Å²) < 4.78 is 0. The largest absolute Gasteiger partial charge is 0.480 e. The second-order valence-electron chi connectivity index (χ2n) is 7.47. The van der Waals surface area contributed by atoms with Gasteiger partial charge in [-0.05, 0) is 18.4 Å². The van der Waals surface area contributed by atoms with E-state index in [1.165, 1.54) is 4.90 Å². The summed E-state index contributed by atoms with van der Waals surface area (Å²) in [5.41, 5.74) is -0.0873. The summed E-state index contributed by atoms with van der Waals surface area (Å²) in [5, 5.41) is 11.9. The van der Waals surface area contributed by atoms with Crippen molar-refractivity contribution in [2.24, 2.45) is 0 Å². The van der Waals surface area contributed by atoms with E-state index in [0.29, 0.717) is 12.8 Å². The molecule has 0 aromatic heterocycles. The van der Waals surface area contributed by atoms with Crippen LogP contribution in [0.4, 0.5) is 4.79 Å². The lowest BCUT2D eigenvalue weighted by Gasteiger charge is -2.35. The third-order valence-electron chi connectivity index (χ3n) is 5.70. The summed E-state index contributed by atoms with van der Waals surface area (Å²) in [5.74, 6) is -2.19. The molecule has 1 aliphatic heterocycles. The number of urea groups is 1. The highest BCUT2D eigenvalue weighted by Gasteiger charge is 2.55. The fourth-order valence-electron chi connectivity index (χ4n) is 4.10. The predicted molar refractivity (Wildman–Crippen MR) is 100 cm³/mol. The Labute approximate surface area is 163 Å². The molecule has 1 aromatic carbocycles. The van der Waals surface area contributed by atoms with Gasteiger partial charge in [0.1, 0.15) is 18.1 Å². The van der Waals surface area contributed by atoms with Gasteiger partial charge in [0.25, 0.3) is 5.91 Å². The molecule has 0 radical (unpaired) electrons. The van der Waals surface area contributed by atoms with E-state index >= 15 is 0 Å². The van der Waals surface area contributed by atoms with Crippen LogP contribution in [0.25, 0.3) is 0 Å². The van der Waals surface area contributed by atoms with E-state index in [4.69, 9.17) is 0 Å². The first-order valence-corrected chi connectivity index (χ1v) is 9.51. The van der Waals surface area contributed by atoms with Crippen molar-refractivity contribution in [2.45, 2.75) is 50.1 Å². The number of carboxylic acid groups (broad SMARTS) is 1. The van der Waals surface area contributed by atoms with E-state index in [0.717, 1.165) is 29.7 Å². The van der Waals surface area contributed by atoms with Gasteiger partial charge >= 0.3 is 12.0 Å². The highest BCUT2D eigenvalue weighted by Crippen LogP contribution is 2.39. The fraction of sp³-hybridized carbons (Fsp3) is 0.500. The second-order valence-corrected chi connectivity index (χ2v) is 7.47. The Bertz CT molecular complexity index is 773. The Kier molecular flexibility index (Phi) is 5.67. The molecule has 1 atom stereocenters. The summed E-state index contributed by atoms with van der Waals surface area (Å²) in [7, 11) is 1.60. The second kappa shape index (κ2) is 8.00. The number of nitrogens with zero attached hydrogens (tertiary/aromatic N) is 2. The van der Waals surface area contributed by atoms with Gasteiger partial charge in [-0.15, -0.1) is 0 Å². The van der Waals surface area contributed by atoms with Gasteiger partial charge in [0.15, 0.2) is 0 Å². The van der Waals surface area contributed by atoms with Crippen molar-refractivity contribution in [3.05, 3.63) is 35.9 Å². The molecular formula is C20H25N3O5. The molecular weight excluding hydrogens is 362 g/mol. The van der Waals surface area contributed by atoms with Crippen molar-refractivity contribution in [1.29, 1.82) is 0 Å². The van der Waals surface area contributed by atoms with E-state index in [2.05, 4.69) is 5.32 Å². The molecule has 1 aliphatic carbocycles. The number of imide groups is 1. The standard InChI is InChI=1S/C20H25N3O5/c1-22-19(28)23(18(27)20(22)10-6-3-7-11-20)13-16(24)21-15(17(25)26)12-14-8-4-2-5-9-14/h2,4-5,8-9,15H,3,6-7,10-13H2,1H3,(H,21,24)(H,25,26)/t15-/m1/s1. The molecule has 1 heterocycles. The summed E-state index contributed by atoms with van der Waals surface area (Å²) in [6.45, 7) is -0.470. The first-order valence-electron chi connectivity index (χ1n) is 9.51. The van der Waals surface area contributed by atoms with Crippen LogP contribution < -0.4 is 5.32 Å². The van der Waals surface area contributed by atoms with Crippen molar-refractivity contribution in [3.63, 3.8) is 0 Å². The number of rotatable bonds is 6. The number of carboxylic acids is 1. The zero-order valence-corrected chi connectivity index (χ0v) is 15.9. The molecule has 1 spiro atoms. The number of carbonyl (C=O) groups excluding carboxylic acids is 3. The lowest BCUT2D eigenvalue weighted by molar-refractivity contribution is -0.142. The highest BCUT2D eigenvalue weighted by molar-refractivity contribution is 6.09. The van der Waals surface area contributed by atoms with Gasteiger partial charge in [-0.25, -0.2) is 9.59 Å². The third-order valence-corrected chi connectivity index (χ3v) is 5.70. The summed E-state index contributed by atoms with van der Waals surface area (Å²) in [4.78, 5) is 51.8. The van der Waals surface area contributed by atoms with Crippen LogP contribution in [0.5, 0.6) is 0 Å². The maximum atomic E-state index is 12.9.